The molecule has 6 nitrogen and oxygen atoms in total. The lowest BCUT2D eigenvalue weighted by Crippen LogP contribution is -2.49. The number of rotatable bonds is 6. The van der Waals surface area contributed by atoms with Crippen LogP contribution in [0.2, 0.25) is 0 Å². The highest BCUT2D eigenvalue weighted by molar-refractivity contribution is 5.80. The van der Waals surface area contributed by atoms with Gasteiger partial charge in [-0.2, -0.15) is 0 Å². The number of guanidine groups is 1. The Morgan fingerprint density at radius 3 is 2.65 bits per heavy atom. The minimum absolute atomic E-state index is 0.509. The standard InChI is InChI=1S/C17H35N5O/c1-5-18-17(22-7-6-16(13-22)14-23-4)19-12-15(2)21-10-8-20(3)9-11-21/h15-16H,5-14H2,1-4H3,(H,18,19). The molecule has 2 aliphatic rings. The molecule has 0 aromatic heterocycles. The molecule has 6 heteroatoms. The zero-order chi connectivity index (χ0) is 16.7. The highest BCUT2D eigenvalue weighted by Gasteiger charge is 2.25. The maximum Gasteiger partial charge on any atom is 0.193 e. The van der Waals surface area contributed by atoms with E-state index in [1.807, 2.05) is 0 Å². The van der Waals surface area contributed by atoms with E-state index in [1.54, 1.807) is 7.11 Å². The van der Waals surface area contributed by atoms with Gasteiger partial charge in [-0.1, -0.05) is 0 Å². The highest BCUT2D eigenvalue weighted by Crippen LogP contribution is 2.16. The van der Waals surface area contributed by atoms with Crippen LogP contribution in [0.25, 0.3) is 0 Å². The molecule has 0 amide bonds. The van der Waals surface area contributed by atoms with Crippen molar-refractivity contribution in [1.29, 1.82) is 0 Å². The highest BCUT2D eigenvalue weighted by atomic mass is 16.5. The molecule has 2 unspecified atom stereocenters. The molecule has 0 radical (unpaired) electrons. The maximum atomic E-state index is 5.30. The van der Waals surface area contributed by atoms with Crippen molar-refractivity contribution in [1.82, 2.24) is 20.0 Å². The Morgan fingerprint density at radius 2 is 2.00 bits per heavy atom. The summed E-state index contributed by atoms with van der Waals surface area (Å²) in [6.45, 7) is 13.9. The van der Waals surface area contributed by atoms with Crippen molar-refractivity contribution in [3.63, 3.8) is 0 Å². The summed E-state index contributed by atoms with van der Waals surface area (Å²) in [5.41, 5.74) is 0. The lowest BCUT2D eigenvalue weighted by molar-refractivity contribution is 0.122. The topological polar surface area (TPSA) is 43.3 Å². The van der Waals surface area contributed by atoms with Crippen LogP contribution in [0.1, 0.15) is 20.3 Å². The minimum atomic E-state index is 0.509. The number of hydrogen-bond donors (Lipinski definition) is 1. The van der Waals surface area contributed by atoms with Crippen molar-refractivity contribution in [3.05, 3.63) is 0 Å². The van der Waals surface area contributed by atoms with Crippen molar-refractivity contribution in [2.24, 2.45) is 10.9 Å². The Labute approximate surface area is 141 Å². The van der Waals surface area contributed by atoms with E-state index < -0.39 is 0 Å². The predicted octanol–water partition coefficient (Wildman–Crippen LogP) is 0.556. The zero-order valence-corrected chi connectivity index (χ0v) is 15.4. The Bertz CT molecular complexity index is 368. The van der Waals surface area contributed by atoms with Crippen molar-refractivity contribution in [2.45, 2.75) is 26.3 Å². The van der Waals surface area contributed by atoms with Crippen LogP contribution < -0.4 is 5.32 Å². The summed E-state index contributed by atoms with van der Waals surface area (Å²) in [6, 6.07) is 0.509. The van der Waals surface area contributed by atoms with E-state index in [9.17, 15) is 0 Å². The third-order valence-electron chi connectivity index (χ3n) is 4.99. The smallest absolute Gasteiger partial charge is 0.193 e. The van der Waals surface area contributed by atoms with Crippen molar-refractivity contribution in [3.8, 4) is 0 Å². The van der Waals surface area contributed by atoms with Gasteiger partial charge in [0.25, 0.3) is 0 Å². The molecule has 23 heavy (non-hydrogen) atoms. The van der Waals surface area contributed by atoms with Gasteiger partial charge in [-0.05, 0) is 27.3 Å². The molecule has 2 aliphatic heterocycles. The van der Waals surface area contributed by atoms with E-state index in [0.717, 1.165) is 51.8 Å². The first-order chi connectivity index (χ1) is 11.1. The maximum absolute atomic E-state index is 5.30. The lowest BCUT2D eigenvalue weighted by Gasteiger charge is -2.36. The molecule has 2 heterocycles. The van der Waals surface area contributed by atoms with Gasteiger partial charge in [0.2, 0.25) is 0 Å². The van der Waals surface area contributed by atoms with Gasteiger partial charge in [0.05, 0.1) is 13.2 Å². The van der Waals surface area contributed by atoms with Crippen LogP contribution in [0.3, 0.4) is 0 Å². The summed E-state index contributed by atoms with van der Waals surface area (Å²) < 4.78 is 5.30. The molecule has 2 fully saturated rings. The monoisotopic (exact) mass is 325 g/mol. The second-order valence-electron chi connectivity index (χ2n) is 6.94. The first-order valence-corrected chi connectivity index (χ1v) is 9.08. The second kappa shape index (κ2) is 9.45. The summed E-state index contributed by atoms with van der Waals surface area (Å²) in [5, 5.41) is 3.46. The van der Waals surface area contributed by atoms with Gasteiger partial charge in [-0.3, -0.25) is 9.89 Å². The lowest BCUT2D eigenvalue weighted by atomic mass is 10.1. The van der Waals surface area contributed by atoms with Gasteiger partial charge in [-0.25, -0.2) is 0 Å². The van der Waals surface area contributed by atoms with E-state index in [-0.39, 0.29) is 0 Å². The summed E-state index contributed by atoms with van der Waals surface area (Å²) >= 11 is 0. The Balaban J connectivity index is 1.86. The second-order valence-corrected chi connectivity index (χ2v) is 6.94. The fourth-order valence-corrected chi connectivity index (χ4v) is 3.42. The first-order valence-electron chi connectivity index (χ1n) is 9.08. The van der Waals surface area contributed by atoms with Crippen LogP contribution in [0.5, 0.6) is 0 Å². The SMILES string of the molecule is CCNC(=NCC(C)N1CCN(C)CC1)N1CCC(COC)C1. The van der Waals surface area contributed by atoms with Gasteiger partial charge >= 0.3 is 0 Å². The summed E-state index contributed by atoms with van der Waals surface area (Å²) in [5.74, 6) is 1.71. The van der Waals surface area contributed by atoms with E-state index in [2.05, 4.69) is 40.9 Å². The summed E-state index contributed by atoms with van der Waals surface area (Å²) in [6.07, 6.45) is 1.20. The largest absolute Gasteiger partial charge is 0.384 e. The van der Waals surface area contributed by atoms with E-state index in [4.69, 9.17) is 9.73 Å². The third-order valence-corrected chi connectivity index (χ3v) is 4.99. The molecule has 0 aromatic rings. The molecule has 2 saturated heterocycles. The molecule has 0 bridgehead atoms. The van der Waals surface area contributed by atoms with Gasteiger partial charge in [0.1, 0.15) is 0 Å². The van der Waals surface area contributed by atoms with E-state index in [1.165, 1.54) is 19.5 Å². The number of methoxy groups -OCH3 is 1. The van der Waals surface area contributed by atoms with Gasteiger partial charge < -0.3 is 19.9 Å². The molecule has 2 atom stereocenters. The number of hydrogen-bond acceptors (Lipinski definition) is 4. The average molecular weight is 326 g/mol. The average Bonchev–Trinajstić information content (AvgIpc) is 3.00. The summed E-state index contributed by atoms with van der Waals surface area (Å²) in [7, 11) is 3.99. The van der Waals surface area contributed by atoms with Gasteiger partial charge in [-0.15, -0.1) is 0 Å². The van der Waals surface area contributed by atoms with Crippen LogP contribution in [-0.2, 0) is 4.74 Å². The normalized spacial score (nSPS) is 25.8. The van der Waals surface area contributed by atoms with Crippen LogP contribution in [0, 0.1) is 5.92 Å². The van der Waals surface area contributed by atoms with Crippen LogP contribution in [0.4, 0.5) is 0 Å². The van der Waals surface area contributed by atoms with Crippen molar-refractivity contribution in [2.75, 3.05) is 73.1 Å². The molecular formula is C17H35N5O. The van der Waals surface area contributed by atoms with Crippen LogP contribution >= 0.6 is 0 Å². The number of nitrogens with zero attached hydrogens (tertiary/aromatic N) is 4. The number of likely N-dealkylation sites (N-methyl/N-ethyl adjacent to an activating group) is 1. The molecular weight excluding hydrogens is 290 g/mol. The molecule has 0 aliphatic carbocycles. The Hall–Kier alpha value is -0.850. The zero-order valence-electron chi connectivity index (χ0n) is 15.4. The van der Waals surface area contributed by atoms with Crippen molar-refractivity contribution < 1.29 is 4.74 Å². The number of ether oxygens (including phenoxy) is 1. The van der Waals surface area contributed by atoms with E-state index >= 15 is 0 Å². The fraction of sp³-hybridized carbons (Fsp3) is 0.941. The number of nitrogens with one attached hydrogen (secondary N) is 1. The Kier molecular flexibility index (Phi) is 7.59. The minimum Gasteiger partial charge on any atom is -0.384 e. The molecule has 0 aromatic carbocycles. The van der Waals surface area contributed by atoms with Crippen LogP contribution in [0.15, 0.2) is 4.99 Å². The Morgan fingerprint density at radius 1 is 1.26 bits per heavy atom. The predicted molar refractivity (Wildman–Crippen MR) is 96.1 cm³/mol. The quantitative estimate of drug-likeness (QED) is 0.571. The van der Waals surface area contributed by atoms with Gasteiger partial charge in [0, 0.05) is 64.9 Å². The fourth-order valence-electron chi connectivity index (χ4n) is 3.42. The van der Waals surface area contributed by atoms with Gasteiger partial charge in [0.15, 0.2) is 5.96 Å². The molecule has 1 N–H and O–H groups in total. The molecule has 2 rings (SSSR count). The molecule has 0 saturated carbocycles. The van der Waals surface area contributed by atoms with Crippen molar-refractivity contribution >= 4 is 5.96 Å². The van der Waals surface area contributed by atoms with Crippen LogP contribution in [-0.4, -0.2) is 99.8 Å². The third kappa shape index (κ3) is 5.62. The molecule has 134 valence electrons. The summed E-state index contributed by atoms with van der Waals surface area (Å²) in [4.78, 5) is 12.3. The first kappa shape index (κ1) is 18.5. The van der Waals surface area contributed by atoms with E-state index in [0.29, 0.717) is 12.0 Å². The molecule has 0 spiro atoms. The number of likely N-dealkylation sites (tertiary alicyclic amines) is 1. The number of piperazine rings is 1. The number of aliphatic imine (C=N–C) groups is 1.